The quantitative estimate of drug-likeness (QED) is 0.792. The highest BCUT2D eigenvalue weighted by Gasteiger charge is 2.04. The molecule has 0 spiro atoms. The molecule has 0 bridgehead atoms. The van der Waals surface area contributed by atoms with Crippen molar-refractivity contribution in [3.8, 4) is 5.75 Å². The summed E-state index contributed by atoms with van der Waals surface area (Å²) in [5.41, 5.74) is 1.24. The predicted molar refractivity (Wildman–Crippen MR) is 61.9 cm³/mol. The van der Waals surface area contributed by atoms with Crippen LogP contribution >= 0.6 is 16.3 Å². The highest BCUT2D eigenvalue weighted by molar-refractivity contribution is 9.06. The first-order chi connectivity index (χ1) is 6.72. The normalized spacial score (nSPS) is 11.1. The number of nitrogens with zero attached hydrogens (tertiary/aromatic N) is 1. The van der Waals surface area contributed by atoms with Crippen molar-refractivity contribution in [2.75, 3.05) is 0 Å². The second kappa shape index (κ2) is 3.65. The lowest BCUT2D eigenvalue weighted by molar-refractivity contribution is 0.622. The average molecular weight is 254 g/mol. The van der Waals surface area contributed by atoms with Gasteiger partial charge in [0.25, 0.3) is 0 Å². The molecule has 0 amide bonds. The number of fused-ring (bicyclic) bond motifs is 1. The first-order valence-corrected chi connectivity index (χ1v) is 5.26. The van der Waals surface area contributed by atoms with E-state index in [9.17, 15) is 0 Å². The molecular formula is C11H12BrNO. The van der Waals surface area contributed by atoms with E-state index in [2.05, 4.69) is 53.0 Å². The lowest BCUT2D eigenvalue weighted by Gasteiger charge is -2.09. The van der Waals surface area contributed by atoms with Crippen molar-refractivity contribution in [1.29, 1.82) is 0 Å². The lowest BCUT2D eigenvalue weighted by atomic mass is 10.2. The lowest BCUT2D eigenvalue weighted by Crippen LogP contribution is -1.97. The first-order valence-electron chi connectivity index (χ1n) is 4.61. The fourth-order valence-electron chi connectivity index (χ4n) is 1.64. The zero-order chi connectivity index (χ0) is 10.1. The van der Waals surface area contributed by atoms with Crippen molar-refractivity contribution in [2.45, 2.75) is 19.9 Å². The highest BCUT2D eigenvalue weighted by atomic mass is 79.9. The number of rotatable bonds is 2. The van der Waals surface area contributed by atoms with Crippen LogP contribution in [0.1, 0.15) is 19.9 Å². The Kier molecular flexibility index (Phi) is 2.50. The van der Waals surface area contributed by atoms with Gasteiger partial charge in [-0.2, -0.15) is 0 Å². The number of hydrogen-bond donors (Lipinski definition) is 0. The van der Waals surface area contributed by atoms with Crippen molar-refractivity contribution in [3.63, 3.8) is 0 Å². The van der Waals surface area contributed by atoms with E-state index in [1.54, 1.807) is 0 Å². The van der Waals surface area contributed by atoms with Crippen molar-refractivity contribution in [2.24, 2.45) is 0 Å². The topological polar surface area (TPSA) is 14.2 Å². The summed E-state index contributed by atoms with van der Waals surface area (Å²) in [7, 11) is 0. The minimum Gasteiger partial charge on any atom is -0.418 e. The van der Waals surface area contributed by atoms with E-state index in [4.69, 9.17) is 3.83 Å². The summed E-state index contributed by atoms with van der Waals surface area (Å²) in [5, 5.41) is 1.20. The molecule has 0 N–H and O–H groups in total. The van der Waals surface area contributed by atoms with E-state index in [1.165, 1.54) is 10.9 Å². The van der Waals surface area contributed by atoms with Gasteiger partial charge in [-0.3, -0.25) is 0 Å². The molecule has 1 aromatic heterocycles. The zero-order valence-corrected chi connectivity index (χ0v) is 9.78. The third-order valence-corrected chi connectivity index (χ3v) is 2.71. The maximum atomic E-state index is 5.00. The summed E-state index contributed by atoms with van der Waals surface area (Å²) in [6.07, 6.45) is 2.10. The van der Waals surface area contributed by atoms with Crippen LogP contribution in [0.2, 0.25) is 0 Å². The maximum absolute atomic E-state index is 5.00. The van der Waals surface area contributed by atoms with E-state index in [0.717, 1.165) is 5.75 Å². The molecule has 14 heavy (non-hydrogen) atoms. The van der Waals surface area contributed by atoms with Crippen LogP contribution in [-0.4, -0.2) is 4.57 Å². The Labute approximate surface area is 91.9 Å². The Morgan fingerprint density at radius 1 is 1.29 bits per heavy atom. The van der Waals surface area contributed by atoms with Gasteiger partial charge in [-0.1, -0.05) is 0 Å². The summed E-state index contributed by atoms with van der Waals surface area (Å²) in [4.78, 5) is 0. The third-order valence-electron chi connectivity index (χ3n) is 2.34. The molecule has 0 aliphatic carbocycles. The Balaban J connectivity index is 2.59. The average Bonchev–Trinajstić information content (AvgIpc) is 2.59. The first kappa shape index (κ1) is 9.59. The molecule has 1 heterocycles. The second-order valence-corrected chi connectivity index (χ2v) is 3.94. The Morgan fingerprint density at radius 3 is 2.71 bits per heavy atom. The van der Waals surface area contributed by atoms with Crippen LogP contribution in [0, 0.1) is 0 Å². The highest BCUT2D eigenvalue weighted by Crippen LogP contribution is 2.25. The molecule has 0 saturated carbocycles. The van der Waals surface area contributed by atoms with Gasteiger partial charge in [0.2, 0.25) is 0 Å². The van der Waals surface area contributed by atoms with Gasteiger partial charge in [-0.05, 0) is 38.1 Å². The van der Waals surface area contributed by atoms with Crippen LogP contribution in [-0.2, 0) is 0 Å². The Bertz CT molecular complexity index is 447. The van der Waals surface area contributed by atoms with Crippen LogP contribution in [0.15, 0.2) is 30.5 Å². The molecule has 2 aromatic rings. The Morgan fingerprint density at radius 2 is 2.07 bits per heavy atom. The van der Waals surface area contributed by atoms with E-state index in [-0.39, 0.29) is 0 Å². The summed E-state index contributed by atoms with van der Waals surface area (Å²) in [6, 6.07) is 8.64. The van der Waals surface area contributed by atoms with Crippen molar-refractivity contribution >= 4 is 27.2 Å². The van der Waals surface area contributed by atoms with Crippen molar-refractivity contribution in [1.82, 2.24) is 4.57 Å². The number of halogens is 1. The van der Waals surface area contributed by atoms with E-state index >= 15 is 0 Å². The molecule has 3 heteroatoms. The molecule has 1 aromatic carbocycles. The molecule has 74 valence electrons. The molecule has 0 radical (unpaired) electrons. The summed E-state index contributed by atoms with van der Waals surface area (Å²) < 4.78 is 7.24. The monoisotopic (exact) mass is 253 g/mol. The summed E-state index contributed by atoms with van der Waals surface area (Å²) in [5.74, 6) is 0.832. The number of benzene rings is 1. The smallest absolute Gasteiger partial charge is 0.179 e. The molecule has 0 unspecified atom stereocenters. The predicted octanol–water partition coefficient (Wildman–Crippen LogP) is 3.91. The van der Waals surface area contributed by atoms with E-state index in [1.807, 2.05) is 12.1 Å². The molecule has 0 saturated heterocycles. The fourth-order valence-corrected chi connectivity index (χ4v) is 1.84. The number of hydrogen-bond acceptors (Lipinski definition) is 1. The molecule has 2 nitrogen and oxygen atoms in total. The van der Waals surface area contributed by atoms with Gasteiger partial charge in [-0.15, -0.1) is 0 Å². The van der Waals surface area contributed by atoms with E-state index < -0.39 is 0 Å². The largest absolute Gasteiger partial charge is 0.418 e. The SMILES string of the molecule is CC(C)n1ccc2cc(OBr)ccc21. The van der Waals surface area contributed by atoms with Gasteiger partial charge in [0.1, 0.15) is 5.75 Å². The summed E-state index contributed by atoms with van der Waals surface area (Å²) >= 11 is 2.97. The van der Waals surface area contributed by atoms with Crippen LogP contribution in [0.25, 0.3) is 10.9 Å². The van der Waals surface area contributed by atoms with Crippen LogP contribution in [0.3, 0.4) is 0 Å². The standard InChI is InChI=1S/C11H12BrNO/c1-8(2)13-6-5-9-7-10(14-12)3-4-11(9)13/h3-8H,1-2H3. The molecular weight excluding hydrogens is 242 g/mol. The number of aromatic nitrogens is 1. The van der Waals surface area contributed by atoms with Crippen molar-refractivity contribution < 1.29 is 3.83 Å². The van der Waals surface area contributed by atoms with Gasteiger partial charge in [0.05, 0.1) is 0 Å². The molecule has 2 rings (SSSR count). The van der Waals surface area contributed by atoms with Gasteiger partial charge in [-0.25, -0.2) is 0 Å². The van der Waals surface area contributed by atoms with Crippen molar-refractivity contribution in [3.05, 3.63) is 30.5 Å². The second-order valence-electron chi connectivity index (χ2n) is 3.61. The van der Waals surface area contributed by atoms with Crippen LogP contribution < -0.4 is 3.83 Å². The molecule has 0 aliphatic heterocycles. The molecule has 0 atom stereocenters. The van der Waals surface area contributed by atoms with Gasteiger partial charge in [0, 0.05) is 23.1 Å². The minimum absolute atomic E-state index is 0.489. The van der Waals surface area contributed by atoms with Gasteiger partial charge < -0.3 is 8.40 Å². The van der Waals surface area contributed by atoms with Gasteiger partial charge >= 0.3 is 0 Å². The van der Waals surface area contributed by atoms with Gasteiger partial charge in [0.15, 0.2) is 16.3 Å². The Hall–Kier alpha value is -0.960. The van der Waals surface area contributed by atoms with E-state index in [0.29, 0.717) is 6.04 Å². The summed E-state index contributed by atoms with van der Waals surface area (Å²) in [6.45, 7) is 4.35. The van der Waals surface area contributed by atoms with Crippen LogP contribution in [0.5, 0.6) is 5.75 Å². The minimum atomic E-state index is 0.489. The third kappa shape index (κ3) is 1.52. The molecule has 0 aliphatic rings. The maximum Gasteiger partial charge on any atom is 0.179 e. The zero-order valence-electron chi connectivity index (χ0n) is 8.20. The van der Waals surface area contributed by atoms with Crippen LogP contribution in [0.4, 0.5) is 0 Å². The molecule has 0 fully saturated rings. The fraction of sp³-hybridized carbons (Fsp3) is 0.273.